The topological polar surface area (TPSA) is 41.4 Å². The molecule has 1 amide bonds. The second-order valence-corrected chi connectivity index (χ2v) is 7.41. The first kappa shape index (κ1) is 22.1. The van der Waals surface area contributed by atoms with Crippen LogP contribution in [0, 0.1) is 17.5 Å². The summed E-state index contributed by atoms with van der Waals surface area (Å²) in [5, 5.41) is 0. The van der Waals surface area contributed by atoms with Crippen LogP contribution in [0.15, 0.2) is 18.3 Å². The minimum Gasteiger partial charge on any atom is -0.333 e. The monoisotopic (exact) mass is 434 g/mol. The Kier molecular flexibility index (Phi) is 6.11. The van der Waals surface area contributed by atoms with Crippen LogP contribution in [0.2, 0.25) is 0 Å². The molecule has 2 heterocycles. The summed E-state index contributed by atoms with van der Waals surface area (Å²) in [7, 11) is 3.32. The maximum absolute atomic E-state index is 14.0. The molecular formula is C19H20F6N4O. The molecule has 0 radical (unpaired) electrons. The van der Waals surface area contributed by atoms with Crippen LogP contribution in [0.1, 0.15) is 23.5 Å². The molecule has 2 aromatic rings. The van der Waals surface area contributed by atoms with E-state index in [1.807, 2.05) is 0 Å². The number of imidazole rings is 1. The lowest BCUT2D eigenvalue weighted by molar-refractivity contribution is -0.144. The molecule has 5 nitrogen and oxygen atoms in total. The van der Waals surface area contributed by atoms with Crippen molar-refractivity contribution in [3.63, 3.8) is 0 Å². The van der Waals surface area contributed by atoms with Gasteiger partial charge in [0.2, 0.25) is 5.91 Å². The quantitative estimate of drug-likeness (QED) is 0.536. The zero-order chi connectivity index (χ0) is 22.2. The van der Waals surface area contributed by atoms with Gasteiger partial charge in [0.1, 0.15) is 17.3 Å². The summed E-state index contributed by atoms with van der Waals surface area (Å²) in [5.74, 6) is -3.60. The predicted octanol–water partition coefficient (Wildman–Crippen LogP) is 3.22. The second-order valence-electron chi connectivity index (χ2n) is 7.41. The molecule has 0 saturated heterocycles. The fourth-order valence-electron chi connectivity index (χ4n) is 3.44. The van der Waals surface area contributed by atoms with Gasteiger partial charge >= 0.3 is 6.18 Å². The summed E-state index contributed by atoms with van der Waals surface area (Å²) in [4.78, 5) is 19.6. The van der Waals surface area contributed by atoms with Crippen molar-refractivity contribution in [1.29, 1.82) is 0 Å². The molecule has 0 N–H and O–H groups in total. The molecule has 0 saturated carbocycles. The normalized spacial score (nSPS) is 15.4. The maximum atomic E-state index is 14.0. The number of likely N-dealkylation sites (N-methyl/N-ethyl adjacent to an activating group) is 1. The Morgan fingerprint density at radius 1 is 1.13 bits per heavy atom. The molecule has 1 atom stereocenters. The van der Waals surface area contributed by atoms with Crippen LogP contribution in [0.3, 0.4) is 0 Å². The molecule has 1 unspecified atom stereocenters. The van der Waals surface area contributed by atoms with Crippen molar-refractivity contribution in [2.45, 2.75) is 38.1 Å². The average Bonchev–Trinajstić information content (AvgIpc) is 3.08. The number of alkyl halides is 3. The van der Waals surface area contributed by atoms with Gasteiger partial charge in [0, 0.05) is 31.6 Å². The number of benzene rings is 1. The summed E-state index contributed by atoms with van der Waals surface area (Å²) in [6, 6.07) is 0.702. The molecule has 11 heteroatoms. The van der Waals surface area contributed by atoms with E-state index < -0.39 is 35.4 Å². The summed E-state index contributed by atoms with van der Waals surface area (Å²) < 4.78 is 80.6. The minimum absolute atomic E-state index is 0.0392. The highest BCUT2D eigenvalue weighted by atomic mass is 19.4. The molecule has 3 rings (SSSR count). The van der Waals surface area contributed by atoms with Gasteiger partial charge in [0.25, 0.3) is 0 Å². The first-order valence-electron chi connectivity index (χ1n) is 9.16. The smallest absolute Gasteiger partial charge is 0.333 e. The highest BCUT2D eigenvalue weighted by Crippen LogP contribution is 2.31. The minimum atomic E-state index is -4.53. The molecule has 164 valence electrons. The lowest BCUT2D eigenvalue weighted by Gasteiger charge is -2.31. The van der Waals surface area contributed by atoms with Crippen molar-refractivity contribution in [3.05, 3.63) is 52.9 Å². The number of nitrogens with zero attached hydrogens (tertiary/aromatic N) is 4. The zero-order valence-corrected chi connectivity index (χ0v) is 16.3. The Balaban J connectivity index is 1.71. The average molecular weight is 434 g/mol. The molecule has 1 aliphatic rings. The Labute approximate surface area is 168 Å². The first-order chi connectivity index (χ1) is 14.0. The number of amides is 1. The van der Waals surface area contributed by atoms with Gasteiger partial charge in [-0.15, -0.1) is 0 Å². The standard InChI is InChI=1S/C19H20F6N4O/c1-27(2)12(5-11-6-14(21)15(22)8-13(11)20)7-18(30)28-3-4-29-16(19(23,24)25)9-26-17(29)10-28/h6,8-9,12H,3-5,7,10H2,1-2H3. The molecule has 1 aromatic heterocycles. The number of fused-ring (bicyclic) bond motifs is 1. The maximum Gasteiger partial charge on any atom is 0.433 e. The van der Waals surface area contributed by atoms with E-state index in [-0.39, 0.29) is 49.8 Å². The molecule has 0 spiro atoms. The molecule has 0 aliphatic carbocycles. The van der Waals surface area contributed by atoms with Gasteiger partial charge in [-0.25, -0.2) is 18.2 Å². The van der Waals surface area contributed by atoms with E-state index in [2.05, 4.69) is 4.98 Å². The Morgan fingerprint density at radius 2 is 1.80 bits per heavy atom. The SMILES string of the molecule is CN(C)C(CC(=O)N1CCn2c(C(F)(F)F)cnc2C1)Cc1cc(F)c(F)cc1F. The third kappa shape index (κ3) is 4.61. The van der Waals surface area contributed by atoms with Crippen molar-refractivity contribution in [3.8, 4) is 0 Å². The Morgan fingerprint density at radius 3 is 2.43 bits per heavy atom. The number of carbonyl (C=O) groups is 1. The number of hydrogen-bond donors (Lipinski definition) is 0. The van der Waals surface area contributed by atoms with E-state index in [1.54, 1.807) is 19.0 Å². The van der Waals surface area contributed by atoms with E-state index in [9.17, 15) is 31.1 Å². The number of hydrogen-bond acceptors (Lipinski definition) is 3. The van der Waals surface area contributed by atoms with Gasteiger partial charge in [-0.2, -0.15) is 13.2 Å². The number of rotatable bonds is 5. The van der Waals surface area contributed by atoms with Crippen LogP contribution >= 0.6 is 0 Å². The van der Waals surface area contributed by atoms with E-state index in [1.165, 1.54) is 4.90 Å². The second kappa shape index (κ2) is 8.29. The Bertz CT molecular complexity index is 940. The van der Waals surface area contributed by atoms with Crippen LogP contribution < -0.4 is 0 Å². The van der Waals surface area contributed by atoms with E-state index in [4.69, 9.17) is 0 Å². The van der Waals surface area contributed by atoms with Crippen molar-refractivity contribution < 1.29 is 31.1 Å². The lowest BCUT2D eigenvalue weighted by atomic mass is 10.0. The van der Waals surface area contributed by atoms with Crippen LogP contribution in [0.5, 0.6) is 0 Å². The van der Waals surface area contributed by atoms with Gasteiger partial charge in [-0.05, 0) is 32.1 Å². The number of aromatic nitrogens is 2. The lowest BCUT2D eigenvalue weighted by Crippen LogP contribution is -2.43. The van der Waals surface area contributed by atoms with E-state index in [0.717, 1.165) is 16.8 Å². The van der Waals surface area contributed by atoms with Crippen molar-refractivity contribution in [2.24, 2.45) is 0 Å². The molecule has 0 bridgehead atoms. The van der Waals surface area contributed by atoms with Gasteiger partial charge in [-0.3, -0.25) is 4.79 Å². The van der Waals surface area contributed by atoms with Crippen LogP contribution in [-0.2, 0) is 30.5 Å². The Hall–Kier alpha value is -2.56. The molecule has 1 aliphatic heterocycles. The fraction of sp³-hybridized carbons (Fsp3) is 0.474. The molecule has 1 aromatic carbocycles. The van der Waals surface area contributed by atoms with Gasteiger partial charge < -0.3 is 14.4 Å². The summed E-state index contributed by atoms with van der Waals surface area (Å²) in [6.07, 6.45) is -3.89. The van der Waals surface area contributed by atoms with Gasteiger partial charge in [0.15, 0.2) is 11.6 Å². The molecule has 30 heavy (non-hydrogen) atoms. The third-order valence-electron chi connectivity index (χ3n) is 5.19. The van der Waals surface area contributed by atoms with Crippen molar-refractivity contribution >= 4 is 5.91 Å². The van der Waals surface area contributed by atoms with Crippen LogP contribution in [-0.4, -0.2) is 51.9 Å². The predicted molar refractivity (Wildman–Crippen MR) is 94.8 cm³/mol. The first-order valence-corrected chi connectivity index (χ1v) is 9.16. The fourth-order valence-corrected chi connectivity index (χ4v) is 3.44. The summed E-state index contributed by atoms with van der Waals surface area (Å²) in [5.41, 5.74) is -0.922. The van der Waals surface area contributed by atoms with Gasteiger partial charge in [-0.1, -0.05) is 0 Å². The van der Waals surface area contributed by atoms with Gasteiger partial charge in [0.05, 0.1) is 12.7 Å². The molecule has 0 fully saturated rings. The van der Waals surface area contributed by atoms with Crippen molar-refractivity contribution in [2.75, 3.05) is 20.6 Å². The van der Waals surface area contributed by atoms with E-state index >= 15 is 0 Å². The number of carbonyl (C=O) groups excluding carboxylic acids is 1. The van der Waals surface area contributed by atoms with Crippen molar-refractivity contribution in [1.82, 2.24) is 19.4 Å². The zero-order valence-electron chi connectivity index (χ0n) is 16.3. The van der Waals surface area contributed by atoms with Crippen LogP contribution in [0.4, 0.5) is 26.3 Å². The molecular weight excluding hydrogens is 414 g/mol. The van der Waals surface area contributed by atoms with E-state index in [0.29, 0.717) is 6.07 Å². The summed E-state index contributed by atoms with van der Waals surface area (Å²) in [6.45, 7) is -0.0418. The largest absolute Gasteiger partial charge is 0.433 e. The summed E-state index contributed by atoms with van der Waals surface area (Å²) >= 11 is 0. The van der Waals surface area contributed by atoms with Crippen LogP contribution in [0.25, 0.3) is 0 Å². The highest BCUT2D eigenvalue weighted by molar-refractivity contribution is 5.77. The number of halogens is 6. The highest BCUT2D eigenvalue weighted by Gasteiger charge is 2.37. The third-order valence-corrected chi connectivity index (χ3v) is 5.19.